The second-order valence-corrected chi connectivity index (χ2v) is 6.05. The van der Waals surface area contributed by atoms with Gasteiger partial charge in [0.15, 0.2) is 0 Å². The average Bonchev–Trinajstić information content (AvgIpc) is 2.87. The van der Waals surface area contributed by atoms with Crippen molar-refractivity contribution in [2.24, 2.45) is 5.10 Å². The van der Waals surface area contributed by atoms with E-state index in [-0.39, 0.29) is 6.10 Å². The molecular formula is C17H21N3OS. The summed E-state index contributed by atoms with van der Waals surface area (Å²) in [5.74, 6) is 0.899. The molecule has 5 heteroatoms. The molecule has 0 fully saturated rings. The van der Waals surface area contributed by atoms with Crippen molar-refractivity contribution < 1.29 is 4.74 Å². The fourth-order valence-electron chi connectivity index (χ4n) is 1.93. The highest BCUT2D eigenvalue weighted by Crippen LogP contribution is 2.22. The molecule has 0 saturated carbocycles. The Kier molecular flexibility index (Phi) is 5.72. The van der Waals surface area contributed by atoms with E-state index in [0.717, 1.165) is 34.1 Å². The van der Waals surface area contributed by atoms with Crippen LogP contribution in [0.25, 0.3) is 0 Å². The van der Waals surface area contributed by atoms with Crippen molar-refractivity contribution in [1.82, 2.24) is 4.98 Å². The van der Waals surface area contributed by atoms with Crippen molar-refractivity contribution in [3.8, 4) is 5.75 Å². The Bertz CT molecular complexity index is 662. The van der Waals surface area contributed by atoms with Crippen LogP contribution in [0.3, 0.4) is 0 Å². The Morgan fingerprint density at radius 2 is 2.27 bits per heavy atom. The van der Waals surface area contributed by atoms with E-state index in [4.69, 9.17) is 4.74 Å². The molecule has 0 aliphatic carbocycles. The van der Waals surface area contributed by atoms with Crippen LogP contribution in [0.2, 0.25) is 0 Å². The number of hydrogen-bond acceptors (Lipinski definition) is 5. The number of aromatic nitrogens is 1. The maximum atomic E-state index is 5.81. The first kappa shape index (κ1) is 16.2. The Balaban J connectivity index is 2.10. The summed E-state index contributed by atoms with van der Waals surface area (Å²) in [5.41, 5.74) is 6.05. The number of nitrogens with zero attached hydrogens (tertiary/aromatic N) is 2. The molecule has 4 nitrogen and oxygen atoms in total. The minimum absolute atomic E-state index is 0.151. The van der Waals surface area contributed by atoms with Crippen LogP contribution >= 0.6 is 11.3 Å². The van der Waals surface area contributed by atoms with Crippen LogP contribution in [-0.4, -0.2) is 17.3 Å². The molecule has 1 aromatic carbocycles. The second-order valence-electron chi connectivity index (χ2n) is 5.19. The highest BCUT2D eigenvalue weighted by molar-refractivity contribution is 7.13. The Labute approximate surface area is 135 Å². The molecule has 0 atom stereocenters. The maximum Gasteiger partial charge on any atom is 0.203 e. The van der Waals surface area contributed by atoms with E-state index in [2.05, 4.69) is 28.2 Å². The first-order valence-electron chi connectivity index (χ1n) is 7.20. The van der Waals surface area contributed by atoms with Crippen molar-refractivity contribution in [3.05, 3.63) is 53.1 Å². The quantitative estimate of drug-likeness (QED) is 0.467. The number of hydrogen-bond donors (Lipinski definition) is 1. The predicted octanol–water partition coefficient (Wildman–Crippen LogP) is 4.41. The predicted molar refractivity (Wildman–Crippen MR) is 94.2 cm³/mol. The second kappa shape index (κ2) is 7.75. The van der Waals surface area contributed by atoms with Gasteiger partial charge >= 0.3 is 0 Å². The van der Waals surface area contributed by atoms with E-state index in [9.17, 15) is 0 Å². The van der Waals surface area contributed by atoms with Gasteiger partial charge in [0.05, 0.1) is 18.0 Å². The van der Waals surface area contributed by atoms with E-state index in [1.807, 2.05) is 44.4 Å². The highest BCUT2D eigenvalue weighted by Gasteiger charge is 2.05. The minimum atomic E-state index is 0.151. The van der Waals surface area contributed by atoms with E-state index in [0.29, 0.717) is 0 Å². The molecule has 0 bridgehead atoms. The van der Waals surface area contributed by atoms with Crippen LogP contribution < -0.4 is 10.2 Å². The summed E-state index contributed by atoms with van der Waals surface area (Å²) in [6.45, 7) is 9.80. The van der Waals surface area contributed by atoms with Gasteiger partial charge in [-0.3, -0.25) is 5.43 Å². The molecule has 1 N–H and O–H groups in total. The lowest BCUT2D eigenvalue weighted by atomic mass is 10.1. The Morgan fingerprint density at radius 1 is 1.45 bits per heavy atom. The van der Waals surface area contributed by atoms with Gasteiger partial charge in [0.2, 0.25) is 5.13 Å². The van der Waals surface area contributed by atoms with Crippen LogP contribution in [0.5, 0.6) is 5.75 Å². The van der Waals surface area contributed by atoms with Crippen molar-refractivity contribution in [3.63, 3.8) is 0 Å². The summed E-state index contributed by atoms with van der Waals surface area (Å²) in [4.78, 5) is 4.30. The molecule has 2 rings (SSSR count). The van der Waals surface area contributed by atoms with Crippen LogP contribution in [0.15, 0.2) is 41.3 Å². The van der Waals surface area contributed by atoms with Gasteiger partial charge in [0.25, 0.3) is 0 Å². The van der Waals surface area contributed by atoms with Gasteiger partial charge in [0.1, 0.15) is 5.75 Å². The molecule has 0 saturated heterocycles. The highest BCUT2D eigenvalue weighted by atomic mass is 32.1. The van der Waals surface area contributed by atoms with Crippen molar-refractivity contribution >= 4 is 22.7 Å². The molecule has 0 radical (unpaired) electrons. The number of thiazole rings is 1. The summed E-state index contributed by atoms with van der Waals surface area (Å²) >= 11 is 1.54. The van der Waals surface area contributed by atoms with Crippen LogP contribution in [0, 0.1) is 6.92 Å². The maximum absolute atomic E-state index is 5.81. The number of anilines is 1. The number of nitrogens with one attached hydrogen (secondary N) is 1. The van der Waals surface area contributed by atoms with Crippen LogP contribution in [0.4, 0.5) is 5.13 Å². The number of aryl methyl sites for hydroxylation is 1. The van der Waals surface area contributed by atoms with Gasteiger partial charge in [-0.1, -0.05) is 6.08 Å². The number of rotatable bonds is 7. The third-order valence-corrected chi connectivity index (χ3v) is 3.67. The van der Waals surface area contributed by atoms with Crippen LogP contribution in [0.1, 0.15) is 30.7 Å². The topological polar surface area (TPSA) is 46.5 Å². The molecular weight excluding hydrogens is 294 g/mol. The number of ether oxygens (including phenoxy) is 1. The largest absolute Gasteiger partial charge is 0.491 e. The number of allylic oxidation sites excluding steroid dienone is 1. The van der Waals surface area contributed by atoms with Gasteiger partial charge in [-0.15, -0.1) is 17.9 Å². The standard InChI is InChI=1S/C17H21N3OS/c1-5-6-15-9-14(7-8-16(15)21-12(2)3)10-18-20-17-19-13(4)11-22-17/h5,7-12H,1,6H2,2-4H3,(H,19,20). The molecule has 2 aromatic rings. The third kappa shape index (κ3) is 4.70. The first-order valence-corrected chi connectivity index (χ1v) is 8.08. The summed E-state index contributed by atoms with van der Waals surface area (Å²) in [7, 11) is 0. The molecule has 0 amide bonds. The van der Waals surface area contributed by atoms with Gasteiger partial charge in [-0.2, -0.15) is 5.10 Å². The van der Waals surface area contributed by atoms with Gasteiger partial charge in [-0.25, -0.2) is 4.98 Å². The Morgan fingerprint density at radius 3 is 2.91 bits per heavy atom. The first-order chi connectivity index (χ1) is 10.6. The molecule has 0 spiro atoms. The summed E-state index contributed by atoms with van der Waals surface area (Å²) in [5, 5.41) is 7.00. The molecule has 1 aromatic heterocycles. The zero-order valence-corrected chi connectivity index (χ0v) is 14.0. The van der Waals surface area contributed by atoms with Crippen molar-refractivity contribution in [2.75, 3.05) is 5.43 Å². The lowest BCUT2D eigenvalue weighted by Crippen LogP contribution is -2.07. The normalized spacial score (nSPS) is 11.1. The summed E-state index contributed by atoms with van der Waals surface area (Å²) < 4.78 is 5.81. The van der Waals surface area contributed by atoms with E-state index in [1.165, 1.54) is 11.3 Å². The fourth-order valence-corrected chi connectivity index (χ4v) is 2.57. The number of benzene rings is 1. The number of hydrazone groups is 1. The lowest BCUT2D eigenvalue weighted by Gasteiger charge is -2.14. The molecule has 22 heavy (non-hydrogen) atoms. The molecule has 0 aliphatic heterocycles. The van der Waals surface area contributed by atoms with Gasteiger partial charge < -0.3 is 4.74 Å². The zero-order chi connectivity index (χ0) is 15.9. The fraction of sp³-hybridized carbons (Fsp3) is 0.294. The monoisotopic (exact) mass is 315 g/mol. The lowest BCUT2D eigenvalue weighted by molar-refractivity contribution is 0.240. The smallest absolute Gasteiger partial charge is 0.203 e. The molecule has 0 aliphatic rings. The SMILES string of the molecule is C=CCc1cc(C=NNc2nc(C)cs2)ccc1OC(C)C. The van der Waals surface area contributed by atoms with Crippen molar-refractivity contribution in [1.29, 1.82) is 0 Å². The average molecular weight is 315 g/mol. The minimum Gasteiger partial charge on any atom is -0.491 e. The summed E-state index contributed by atoms with van der Waals surface area (Å²) in [6.07, 6.45) is 4.57. The van der Waals surface area contributed by atoms with E-state index in [1.54, 1.807) is 6.21 Å². The molecule has 0 unspecified atom stereocenters. The summed E-state index contributed by atoms with van der Waals surface area (Å²) in [6, 6.07) is 6.04. The molecule has 1 heterocycles. The van der Waals surface area contributed by atoms with Crippen molar-refractivity contribution in [2.45, 2.75) is 33.3 Å². The third-order valence-electron chi connectivity index (χ3n) is 2.80. The Hall–Kier alpha value is -2.14. The zero-order valence-electron chi connectivity index (χ0n) is 13.2. The van der Waals surface area contributed by atoms with Gasteiger partial charge in [0, 0.05) is 5.38 Å². The van der Waals surface area contributed by atoms with E-state index < -0.39 is 0 Å². The molecule has 116 valence electrons. The van der Waals surface area contributed by atoms with E-state index >= 15 is 0 Å². The van der Waals surface area contributed by atoms with Crippen LogP contribution in [-0.2, 0) is 6.42 Å². The van der Waals surface area contributed by atoms with Gasteiger partial charge in [-0.05, 0) is 56.5 Å².